The summed E-state index contributed by atoms with van der Waals surface area (Å²) in [5.41, 5.74) is 3.70. The van der Waals surface area contributed by atoms with Crippen molar-refractivity contribution in [3.05, 3.63) is 93.0 Å². The summed E-state index contributed by atoms with van der Waals surface area (Å²) in [6, 6.07) is 21.9. The van der Waals surface area contributed by atoms with Gasteiger partial charge in [-0.25, -0.2) is 0 Å². The molecule has 1 amide bonds. The maximum atomic E-state index is 12.6. The van der Waals surface area contributed by atoms with Gasteiger partial charge in [0.25, 0.3) is 5.91 Å². The molecule has 0 atom stereocenters. The topological polar surface area (TPSA) is 95.1 Å². The molecule has 33 heavy (non-hydrogen) atoms. The van der Waals surface area contributed by atoms with Crippen molar-refractivity contribution >= 4 is 33.6 Å². The molecule has 0 aromatic heterocycles. The molecule has 7 heteroatoms. The lowest BCUT2D eigenvalue weighted by atomic mass is 10.1. The molecule has 0 saturated carbocycles. The summed E-state index contributed by atoms with van der Waals surface area (Å²) in [4.78, 5) is 12.6. The maximum Gasteiger partial charge on any atom is 0.266 e. The van der Waals surface area contributed by atoms with E-state index in [0.717, 1.165) is 11.1 Å². The number of rotatable bonds is 7. The van der Waals surface area contributed by atoms with Crippen LogP contribution >= 0.6 is 15.9 Å². The number of carbonyl (C=O) groups excluding carboxylic acids is 1. The van der Waals surface area contributed by atoms with Crippen molar-refractivity contribution in [1.82, 2.24) is 0 Å². The molecule has 0 unspecified atom stereocenters. The normalized spacial score (nSPS) is 10.6. The van der Waals surface area contributed by atoms with Gasteiger partial charge in [-0.1, -0.05) is 29.8 Å². The number of methoxy groups -OCH3 is 1. The van der Waals surface area contributed by atoms with Crippen LogP contribution in [0.25, 0.3) is 6.08 Å². The number of hydrogen-bond acceptors (Lipinski definition) is 5. The van der Waals surface area contributed by atoms with Crippen molar-refractivity contribution in [2.45, 2.75) is 13.5 Å². The van der Waals surface area contributed by atoms with Gasteiger partial charge in [0, 0.05) is 5.69 Å². The average molecular weight is 502 g/mol. The largest absolute Gasteiger partial charge is 0.493 e. The summed E-state index contributed by atoms with van der Waals surface area (Å²) in [5.74, 6) is 0.430. The molecule has 3 aromatic rings. The van der Waals surface area contributed by atoms with Gasteiger partial charge in [0.2, 0.25) is 0 Å². The number of halogens is 1. The molecule has 1 N–H and O–H groups in total. The quantitative estimate of drug-likeness (QED) is 0.327. The van der Waals surface area contributed by atoms with Crippen molar-refractivity contribution in [2.24, 2.45) is 0 Å². The highest BCUT2D eigenvalue weighted by atomic mass is 79.9. The molecule has 0 spiro atoms. The van der Waals surface area contributed by atoms with E-state index < -0.39 is 5.91 Å². The molecule has 0 aliphatic heterocycles. The van der Waals surface area contributed by atoms with E-state index in [1.54, 1.807) is 36.4 Å². The lowest BCUT2D eigenvalue weighted by Crippen LogP contribution is -2.13. The first-order chi connectivity index (χ1) is 15.9. The SMILES string of the molecule is COc1cc(/C=C(\C#N)C(=O)Nc2ccc(C)cc2)cc(Br)c1OCc1ccc(C#N)cc1. The van der Waals surface area contributed by atoms with Crippen LogP contribution in [-0.2, 0) is 11.4 Å². The summed E-state index contributed by atoms with van der Waals surface area (Å²) in [6.07, 6.45) is 1.49. The predicted octanol–water partition coefficient (Wildman–Crippen LogP) is 5.76. The number of hydrogen-bond donors (Lipinski definition) is 1. The highest BCUT2D eigenvalue weighted by Crippen LogP contribution is 2.37. The Balaban J connectivity index is 1.79. The number of benzene rings is 3. The van der Waals surface area contributed by atoms with E-state index in [9.17, 15) is 10.1 Å². The number of carbonyl (C=O) groups is 1. The molecule has 0 heterocycles. The molecule has 3 rings (SSSR count). The van der Waals surface area contributed by atoms with Gasteiger partial charge >= 0.3 is 0 Å². The third-order valence-electron chi connectivity index (χ3n) is 4.70. The third-order valence-corrected chi connectivity index (χ3v) is 5.29. The Bertz CT molecular complexity index is 1270. The minimum Gasteiger partial charge on any atom is -0.493 e. The summed E-state index contributed by atoms with van der Waals surface area (Å²) in [7, 11) is 1.51. The molecular weight excluding hydrogens is 482 g/mol. The lowest BCUT2D eigenvalue weighted by Gasteiger charge is -2.14. The van der Waals surface area contributed by atoms with Crippen LogP contribution in [0.1, 0.15) is 22.3 Å². The highest BCUT2D eigenvalue weighted by molar-refractivity contribution is 9.10. The summed E-state index contributed by atoms with van der Waals surface area (Å²) in [6.45, 7) is 2.23. The zero-order chi connectivity index (χ0) is 23.8. The number of nitrogens with zero attached hydrogens (tertiary/aromatic N) is 2. The lowest BCUT2D eigenvalue weighted by molar-refractivity contribution is -0.112. The molecule has 0 fully saturated rings. The van der Waals surface area contributed by atoms with Crippen molar-refractivity contribution in [3.8, 4) is 23.6 Å². The summed E-state index contributed by atoms with van der Waals surface area (Å²) in [5, 5.41) is 21.1. The number of ether oxygens (including phenoxy) is 2. The van der Waals surface area contributed by atoms with Gasteiger partial charge in [-0.15, -0.1) is 0 Å². The van der Waals surface area contributed by atoms with E-state index >= 15 is 0 Å². The summed E-state index contributed by atoms with van der Waals surface area (Å²) < 4.78 is 12.0. The Morgan fingerprint density at radius 2 is 1.79 bits per heavy atom. The Morgan fingerprint density at radius 3 is 2.39 bits per heavy atom. The van der Waals surface area contributed by atoms with Crippen LogP contribution in [0.2, 0.25) is 0 Å². The van der Waals surface area contributed by atoms with E-state index in [-0.39, 0.29) is 12.2 Å². The molecule has 6 nitrogen and oxygen atoms in total. The first kappa shape index (κ1) is 23.6. The zero-order valence-electron chi connectivity index (χ0n) is 18.1. The third kappa shape index (κ3) is 6.22. The molecule has 3 aromatic carbocycles. The van der Waals surface area contributed by atoms with E-state index in [1.165, 1.54) is 13.2 Å². The zero-order valence-corrected chi connectivity index (χ0v) is 19.6. The molecule has 164 valence electrons. The molecule has 0 bridgehead atoms. The van der Waals surface area contributed by atoms with Crippen LogP contribution < -0.4 is 14.8 Å². The van der Waals surface area contributed by atoms with E-state index in [1.807, 2.05) is 37.3 Å². The van der Waals surface area contributed by atoms with Crippen LogP contribution in [0.3, 0.4) is 0 Å². The van der Waals surface area contributed by atoms with Gasteiger partial charge < -0.3 is 14.8 Å². The number of amides is 1. The van der Waals surface area contributed by atoms with E-state index in [2.05, 4.69) is 27.3 Å². The van der Waals surface area contributed by atoms with Crippen LogP contribution in [0, 0.1) is 29.6 Å². The number of nitrogens with one attached hydrogen (secondary N) is 1. The van der Waals surface area contributed by atoms with Gasteiger partial charge in [-0.2, -0.15) is 10.5 Å². The predicted molar refractivity (Wildman–Crippen MR) is 130 cm³/mol. The average Bonchev–Trinajstić information content (AvgIpc) is 2.83. The number of aryl methyl sites for hydroxylation is 1. The first-order valence-corrected chi connectivity index (χ1v) is 10.7. The Morgan fingerprint density at radius 1 is 1.09 bits per heavy atom. The first-order valence-electron chi connectivity index (χ1n) is 9.92. The molecule has 0 radical (unpaired) electrons. The van der Waals surface area contributed by atoms with Crippen molar-refractivity contribution in [2.75, 3.05) is 12.4 Å². The van der Waals surface area contributed by atoms with Gasteiger partial charge in [0.15, 0.2) is 11.5 Å². The Labute approximate surface area is 200 Å². The monoisotopic (exact) mass is 501 g/mol. The van der Waals surface area contributed by atoms with E-state index in [0.29, 0.717) is 32.8 Å². The van der Waals surface area contributed by atoms with Crippen LogP contribution in [-0.4, -0.2) is 13.0 Å². The fourth-order valence-corrected chi connectivity index (χ4v) is 3.52. The van der Waals surface area contributed by atoms with Gasteiger partial charge in [-0.3, -0.25) is 4.79 Å². The van der Waals surface area contributed by atoms with Gasteiger partial charge in [0.05, 0.1) is 23.2 Å². The van der Waals surface area contributed by atoms with Crippen molar-refractivity contribution < 1.29 is 14.3 Å². The van der Waals surface area contributed by atoms with Crippen molar-refractivity contribution in [1.29, 1.82) is 10.5 Å². The highest BCUT2D eigenvalue weighted by Gasteiger charge is 2.14. The second kappa shape index (κ2) is 11.0. The number of anilines is 1. The standard InChI is InChI=1S/C26H20BrN3O3/c1-17-3-9-22(10-4-17)30-26(31)21(15-29)11-20-12-23(27)25(24(13-20)32-2)33-16-19-7-5-18(14-28)6-8-19/h3-13H,16H2,1-2H3,(H,30,31)/b21-11+. The van der Waals surface area contributed by atoms with Crippen LogP contribution in [0.5, 0.6) is 11.5 Å². The Hall–Kier alpha value is -4.07. The minimum absolute atomic E-state index is 0.0456. The van der Waals surface area contributed by atoms with Gasteiger partial charge in [-0.05, 0) is 76.5 Å². The maximum absolute atomic E-state index is 12.6. The van der Waals surface area contributed by atoms with Gasteiger partial charge in [0.1, 0.15) is 18.2 Å². The molecular formula is C26H20BrN3O3. The fourth-order valence-electron chi connectivity index (χ4n) is 2.94. The number of nitriles is 2. The fraction of sp³-hybridized carbons (Fsp3) is 0.115. The minimum atomic E-state index is -0.502. The molecule has 0 saturated heterocycles. The smallest absolute Gasteiger partial charge is 0.266 e. The molecule has 0 aliphatic carbocycles. The second-order valence-electron chi connectivity index (χ2n) is 7.12. The second-order valence-corrected chi connectivity index (χ2v) is 7.98. The van der Waals surface area contributed by atoms with Crippen LogP contribution in [0.15, 0.2) is 70.7 Å². The van der Waals surface area contributed by atoms with Crippen LogP contribution in [0.4, 0.5) is 5.69 Å². The van der Waals surface area contributed by atoms with E-state index in [4.69, 9.17) is 14.7 Å². The summed E-state index contributed by atoms with van der Waals surface area (Å²) >= 11 is 3.48. The Kier molecular flexibility index (Phi) is 7.86. The van der Waals surface area contributed by atoms with Crippen molar-refractivity contribution in [3.63, 3.8) is 0 Å². The molecule has 0 aliphatic rings.